The molecule has 0 bridgehead atoms. The van der Waals surface area contributed by atoms with Crippen molar-refractivity contribution in [1.29, 1.82) is 0 Å². The molecule has 0 aromatic heterocycles. The summed E-state index contributed by atoms with van der Waals surface area (Å²) >= 11 is 0. The van der Waals surface area contributed by atoms with Gasteiger partial charge in [0.15, 0.2) is 9.84 Å². The van der Waals surface area contributed by atoms with Crippen LogP contribution in [0.15, 0.2) is 30.3 Å². The molecule has 4 rings (SSSR count). The van der Waals surface area contributed by atoms with Gasteiger partial charge in [0.1, 0.15) is 0 Å². The minimum Gasteiger partial charge on any atom is -0.336 e. The van der Waals surface area contributed by atoms with Crippen molar-refractivity contribution in [3.8, 4) is 0 Å². The summed E-state index contributed by atoms with van der Waals surface area (Å²) in [6, 6.07) is 9.13. The van der Waals surface area contributed by atoms with Crippen LogP contribution >= 0.6 is 0 Å². The van der Waals surface area contributed by atoms with E-state index in [9.17, 15) is 18.0 Å². The molecule has 1 aromatic rings. The molecule has 2 heterocycles. The Hall–Kier alpha value is -2.13. The third-order valence-corrected chi connectivity index (χ3v) is 9.23. The van der Waals surface area contributed by atoms with Crippen LogP contribution in [-0.2, 0) is 14.6 Å². The largest absolute Gasteiger partial charge is 0.336 e. The molecule has 0 radical (unpaired) electrons. The number of urea groups is 1. The van der Waals surface area contributed by atoms with E-state index < -0.39 is 9.84 Å². The smallest absolute Gasteiger partial charge is 0.319 e. The Kier molecular flexibility index (Phi) is 8.47. The van der Waals surface area contributed by atoms with E-state index in [1.165, 1.54) is 6.42 Å². The number of rotatable bonds is 7. The first-order valence-corrected chi connectivity index (χ1v) is 14.6. The monoisotopic (exact) mass is 490 g/mol. The second-order valence-corrected chi connectivity index (χ2v) is 12.2. The molecule has 1 saturated carbocycles. The normalized spacial score (nSPS) is 25.5. The van der Waals surface area contributed by atoms with Crippen LogP contribution < -0.4 is 10.6 Å². The number of amides is 3. The van der Waals surface area contributed by atoms with Crippen molar-refractivity contribution in [1.82, 2.24) is 15.1 Å². The van der Waals surface area contributed by atoms with Gasteiger partial charge in [-0.15, -0.1) is 0 Å². The quantitative estimate of drug-likeness (QED) is 0.612. The summed E-state index contributed by atoms with van der Waals surface area (Å²) in [6.07, 6.45) is 8.90. The maximum Gasteiger partial charge on any atom is 0.319 e. The molecule has 3 aliphatic rings. The average molecular weight is 491 g/mol. The van der Waals surface area contributed by atoms with E-state index in [4.69, 9.17) is 0 Å². The predicted molar refractivity (Wildman–Crippen MR) is 133 cm³/mol. The SMILES string of the molecule is O=C(NCC1CCCCN1CC(=O)N(C1CCCCC1)C1CCS(=O)(=O)C1)Nc1ccccc1. The molecule has 1 aromatic carbocycles. The molecule has 2 aliphatic heterocycles. The molecular weight excluding hydrogens is 452 g/mol. The second kappa shape index (κ2) is 11.5. The first kappa shape index (κ1) is 25.0. The van der Waals surface area contributed by atoms with Crippen molar-refractivity contribution in [3.63, 3.8) is 0 Å². The lowest BCUT2D eigenvalue weighted by molar-refractivity contribution is -0.138. The first-order valence-electron chi connectivity index (χ1n) is 12.8. The van der Waals surface area contributed by atoms with Gasteiger partial charge in [-0.25, -0.2) is 13.2 Å². The van der Waals surface area contributed by atoms with Crippen molar-refractivity contribution in [2.45, 2.75) is 75.9 Å². The lowest BCUT2D eigenvalue weighted by Crippen LogP contribution is -2.55. The van der Waals surface area contributed by atoms with Gasteiger partial charge in [0.2, 0.25) is 5.91 Å². The van der Waals surface area contributed by atoms with Crippen LogP contribution in [0, 0.1) is 0 Å². The van der Waals surface area contributed by atoms with Gasteiger partial charge in [-0.05, 0) is 50.8 Å². The third-order valence-electron chi connectivity index (χ3n) is 7.48. The lowest BCUT2D eigenvalue weighted by atomic mass is 9.92. The van der Waals surface area contributed by atoms with Crippen LogP contribution in [0.4, 0.5) is 10.5 Å². The van der Waals surface area contributed by atoms with Crippen molar-refractivity contribution in [2.75, 3.05) is 36.5 Å². The molecule has 3 fully saturated rings. The van der Waals surface area contributed by atoms with Crippen LogP contribution in [0.3, 0.4) is 0 Å². The standard InChI is InChI=1S/C25H38N4O4S/c30-24(29(21-11-5-2-6-12-21)23-14-16-34(32,33)19-23)18-28-15-8-7-13-22(28)17-26-25(31)27-20-9-3-1-4-10-20/h1,3-4,9-10,21-23H,2,5-8,11-19H2,(H2,26,27,31). The number of benzene rings is 1. The van der Waals surface area contributed by atoms with Gasteiger partial charge in [0.25, 0.3) is 0 Å². The number of sulfone groups is 1. The fourth-order valence-electron chi connectivity index (χ4n) is 5.72. The van der Waals surface area contributed by atoms with Gasteiger partial charge in [0.05, 0.1) is 18.1 Å². The molecule has 0 spiro atoms. The summed E-state index contributed by atoms with van der Waals surface area (Å²) in [5.41, 5.74) is 0.741. The number of anilines is 1. The van der Waals surface area contributed by atoms with Gasteiger partial charge < -0.3 is 15.5 Å². The highest BCUT2D eigenvalue weighted by atomic mass is 32.2. The number of hydrogen-bond donors (Lipinski definition) is 2. The third kappa shape index (κ3) is 6.72. The highest BCUT2D eigenvalue weighted by Crippen LogP contribution is 2.29. The van der Waals surface area contributed by atoms with Crippen molar-refractivity contribution in [2.24, 2.45) is 0 Å². The molecule has 2 saturated heterocycles. The Labute approximate surface area is 203 Å². The number of hydrogen-bond acceptors (Lipinski definition) is 5. The molecule has 1 aliphatic carbocycles. The summed E-state index contributed by atoms with van der Waals surface area (Å²) in [7, 11) is -3.06. The predicted octanol–water partition coefficient (Wildman–Crippen LogP) is 3.01. The zero-order valence-electron chi connectivity index (χ0n) is 20.0. The lowest BCUT2D eigenvalue weighted by Gasteiger charge is -2.41. The first-order chi connectivity index (χ1) is 16.4. The summed E-state index contributed by atoms with van der Waals surface area (Å²) in [6.45, 7) is 1.59. The minimum atomic E-state index is -3.06. The van der Waals surface area contributed by atoms with Crippen molar-refractivity contribution in [3.05, 3.63) is 30.3 Å². The number of piperidine rings is 1. The summed E-state index contributed by atoms with van der Waals surface area (Å²) in [5.74, 6) is 0.329. The number of likely N-dealkylation sites (tertiary alicyclic amines) is 1. The molecule has 2 unspecified atom stereocenters. The van der Waals surface area contributed by atoms with Crippen LogP contribution in [0.1, 0.15) is 57.8 Å². The molecule has 3 amide bonds. The van der Waals surface area contributed by atoms with Crippen molar-refractivity contribution >= 4 is 27.5 Å². The summed E-state index contributed by atoms with van der Waals surface area (Å²) in [5, 5.41) is 5.81. The van der Waals surface area contributed by atoms with Gasteiger partial charge in [-0.1, -0.05) is 43.9 Å². The van der Waals surface area contributed by atoms with E-state index in [1.54, 1.807) is 0 Å². The molecule has 2 N–H and O–H groups in total. The van der Waals surface area contributed by atoms with E-state index in [0.717, 1.165) is 57.2 Å². The van der Waals surface area contributed by atoms with Crippen LogP contribution in [0.25, 0.3) is 0 Å². The Morgan fingerprint density at radius 1 is 0.941 bits per heavy atom. The molecular formula is C25H38N4O4S. The zero-order valence-corrected chi connectivity index (χ0v) is 20.8. The Morgan fingerprint density at radius 3 is 2.38 bits per heavy atom. The topological polar surface area (TPSA) is 98.8 Å². The number of nitrogens with one attached hydrogen (secondary N) is 2. The van der Waals surface area contributed by atoms with E-state index in [1.807, 2.05) is 35.2 Å². The van der Waals surface area contributed by atoms with Crippen molar-refractivity contribution < 1.29 is 18.0 Å². The van der Waals surface area contributed by atoms with Gasteiger partial charge in [0, 0.05) is 30.4 Å². The van der Waals surface area contributed by atoms with Gasteiger partial charge in [-0.2, -0.15) is 0 Å². The number of nitrogens with zero attached hydrogens (tertiary/aromatic N) is 2. The van der Waals surface area contributed by atoms with E-state index in [2.05, 4.69) is 15.5 Å². The molecule has 8 nitrogen and oxygen atoms in total. The van der Waals surface area contributed by atoms with Gasteiger partial charge in [-0.3, -0.25) is 9.69 Å². The molecule has 9 heteroatoms. The van der Waals surface area contributed by atoms with E-state index >= 15 is 0 Å². The Bertz CT molecular complexity index is 933. The highest BCUT2D eigenvalue weighted by Gasteiger charge is 2.39. The van der Waals surface area contributed by atoms with Crippen LogP contribution in [-0.4, -0.2) is 79.4 Å². The fourth-order valence-corrected chi connectivity index (χ4v) is 7.43. The second-order valence-electron chi connectivity index (χ2n) is 9.97. The summed E-state index contributed by atoms with van der Waals surface area (Å²) in [4.78, 5) is 30.1. The van der Waals surface area contributed by atoms with E-state index in [0.29, 0.717) is 19.5 Å². The van der Waals surface area contributed by atoms with E-state index in [-0.39, 0.29) is 41.6 Å². The van der Waals surface area contributed by atoms with Crippen LogP contribution in [0.2, 0.25) is 0 Å². The number of carbonyl (C=O) groups excluding carboxylic acids is 2. The molecule has 2 atom stereocenters. The number of para-hydroxylation sites is 1. The zero-order chi connectivity index (χ0) is 24.0. The van der Waals surface area contributed by atoms with Crippen LogP contribution in [0.5, 0.6) is 0 Å². The number of carbonyl (C=O) groups is 2. The Morgan fingerprint density at radius 2 is 1.68 bits per heavy atom. The average Bonchev–Trinajstić information content (AvgIpc) is 3.19. The molecule has 34 heavy (non-hydrogen) atoms. The Balaban J connectivity index is 1.37. The van der Waals surface area contributed by atoms with Gasteiger partial charge >= 0.3 is 6.03 Å². The fraction of sp³-hybridized carbons (Fsp3) is 0.680. The minimum absolute atomic E-state index is 0.0506. The maximum atomic E-state index is 13.6. The maximum absolute atomic E-state index is 13.6. The highest BCUT2D eigenvalue weighted by molar-refractivity contribution is 7.91. The summed E-state index contributed by atoms with van der Waals surface area (Å²) < 4.78 is 24.4. The molecule has 188 valence electrons.